The van der Waals surface area contributed by atoms with Crippen molar-refractivity contribution in [3.05, 3.63) is 65.0 Å². The predicted octanol–water partition coefficient (Wildman–Crippen LogP) is 2.90. The molecule has 3 N–H and O–H groups in total. The van der Waals surface area contributed by atoms with Gasteiger partial charge in [0.2, 0.25) is 0 Å². The van der Waals surface area contributed by atoms with Crippen LogP contribution in [0.4, 0.5) is 10.1 Å². The van der Waals surface area contributed by atoms with Gasteiger partial charge in [0.1, 0.15) is 5.82 Å². The number of nitrogens with two attached hydrogens (primary N) is 1. The van der Waals surface area contributed by atoms with E-state index in [1.807, 2.05) is 24.3 Å². The lowest BCUT2D eigenvalue weighted by Gasteiger charge is -2.09. The molecule has 0 saturated heterocycles. The summed E-state index contributed by atoms with van der Waals surface area (Å²) in [4.78, 5) is 12.0. The molecule has 0 atom stereocenters. The van der Waals surface area contributed by atoms with Crippen LogP contribution in [0.1, 0.15) is 28.4 Å². The summed E-state index contributed by atoms with van der Waals surface area (Å²) in [7, 11) is 0. The molecule has 0 fully saturated rings. The Hall–Kier alpha value is -2.36. The first kappa shape index (κ1) is 14.1. The van der Waals surface area contributed by atoms with Crippen LogP contribution < -0.4 is 11.1 Å². The summed E-state index contributed by atoms with van der Waals surface area (Å²) in [6, 6.07) is 12.0. The first-order valence-electron chi connectivity index (χ1n) is 6.51. The summed E-state index contributed by atoms with van der Waals surface area (Å²) in [6.45, 7) is 2.49. The summed E-state index contributed by atoms with van der Waals surface area (Å²) >= 11 is 0. The van der Waals surface area contributed by atoms with Crippen LogP contribution in [0.3, 0.4) is 0 Å². The second-order valence-corrected chi connectivity index (χ2v) is 4.54. The van der Waals surface area contributed by atoms with E-state index in [2.05, 4.69) is 12.2 Å². The van der Waals surface area contributed by atoms with Crippen LogP contribution >= 0.6 is 0 Å². The van der Waals surface area contributed by atoms with Crippen LogP contribution in [-0.4, -0.2) is 5.91 Å². The number of carbonyl (C=O) groups excluding carboxylic acids is 1. The van der Waals surface area contributed by atoms with Crippen molar-refractivity contribution in [3.63, 3.8) is 0 Å². The highest BCUT2D eigenvalue weighted by molar-refractivity contribution is 5.94. The van der Waals surface area contributed by atoms with E-state index < -0.39 is 5.82 Å². The van der Waals surface area contributed by atoms with Gasteiger partial charge in [-0.25, -0.2) is 4.39 Å². The maximum absolute atomic E-state index is 13.3. The molecule has 2 aromatic rings. The van der Waals surface area contributed by atoms with Crippen LogP contribution in [0.15, 0.2) is 42.5 Å². The molecule has 3 nitrogen and oxygen atoms in total. The molecule has 0 heterocycles. The Morgan fingerprint density at radius 1 is 1.20 bits per heavy atom. The average molecular weight is 272 g/mol. The Labute approximate surface area is 117 Å². The van der Waals surface area contributed by atoms with Gasteiger partial charge in [-0.3, -0.25) is 4.79 Å². The summed E-state index contributed by atoms with van der Waals surface area (Å²) in [5.74, 6) is -0.888. The van der Waals surface area contributed by atoms with E-state index in [0.29, 0.717) is 6.54 Å². The number of anilines is 1. The monoisotopic (exact) mass is 272 g/mol. The van der Waals surface area contributed by atoms with Crippen molar-refractivity contribution >= 4 is 11.6 Å². The van der Waals surface area contributed by atoms with Crippen molar-refractivity contribution in [1.82, 2.24) is 5.32 Å². The van der Waals surface area contributed by atoms with Crippen LogP contribution in [0.5, 0.6) is 0 Å². The SMILES string of the molecule is CCc1ccccc1CNC(=O)c1ccc(N)c(F)c1. The number of nitrogens with one attached hydrogen (secondary N) is 1. The minimum atomic E-state index is -0.577. The van der Waals surface area contributed by atoms with Crippen LogP contribution in [0, 0.1) is 5.82 Å². The third-order valence-corrected chi connectivity index (χ3v) is 3.20. The van der Waals surface area contributed by atoms with Gasteiger partial charge < -0.3 is 11.1 Å². The van der Waals surface area contributed by atoms with E-state index in [0.717, 1.165) is 18.1 Å². The maximum atomic E-state index is 13.3. The second kappa shape index (κ2) is 6.19. The van der Waals surface area contributed by atoms with E-state index in [9.17, 15) is 9.18 Å². The highest BCUT2D eigenvalue weighted by Crippen LogP contribution is 2.13. The number of nitrogen functional groups attached to an aromatic ring is 1. The predicted molar refractivity (Wildman–Crippen MR) is 77.8 cm³/mol. The molecule has 0 bridgehead atoms. The highest BCUT2D eigenvalue weighted by Gasteiger charge is 2.09. The van der Waals surface area contributed by atoms with Gasteiger partial charge >= 0.3 is 0 Å². The fourth-order valence-electron chi connectivity index (χ4n) is 2.02. The quantitative estimate of drug-likeness (QED) is 0.841. The molecule has 2 aromatic carbocycles. The lowest BCUT2D eigenvalue weighted by atomic mass is 10.1. The van der Waals surface area contributed by atoms with E-state index in [-0.39, 0.29) is 17.2 Å². The molecule has 0 aliphatic rings. The molecular formula is C16H17FN2O. The molecule has 0 radical (unpaired) electrons. The van der Waals surface area contributed by atoms with Crippen molar-refractivity contribution in [2.75, 3.05) is 5.73 Å². The number of carbonyl (C=O) groups is 1. The Morgan fingerprint density at radius 3 is 2.55 bits per heavy atom. The zero-order valence-corrected chi connectivity index (χ0v) is 11.3. The van der Waals surface area contributed by atoms with Gasteiger partial charge in [0, 0.05) is 12.1 Å². The molecule has 104 valence electrons. The zero-order valence-electron chi connectivity index (χ0n) is 11.3. The van der Waals surface area contributed by atoms with Gasteiger partial charge in [0.25, 0.3) is 5.91 Å². The van der Waals surface area contributed by atoms with E-state index in [1.165, 1.54) is 17.7 Å². The number of hydrogen-bond donors (Lipinski definition) is 2. The lowest BCUT2D eigenvalue weighted by Crippen LogP contribution is -2.23. The van der Waals surface area contributed by atoms with E-state index in [4.69, 9.17) is 5.73 Å². The zero-order chi connectivity index (χ0) is 14.5. The van der Waals surface area contributed by atoms with Crippen molar-refractivity contribution in [3.8, 4) is 0 Å². The maximum Gasteiger partial charge on any atom is 0.251 e. The number of aryl methyl sites for hydroxylation is 1. The van der Waals surface area contributed by atoms with Gasteiger partial charge in [-0.15, -0.1) is 0 Å². The number of benzene rings is 2. The molecule has 0 spiro atoms. The second-order valence-electron chi connectivity index (χ2n) is 4.54. The summed E-state index contributed by atoms with van der Waals surface area (Å²) in [5, 5.41) is 2.79. The molecule has 1 amide bonds. The molecule has 0 aromatic heterocycles. The van der Waals surface area contributed by atoms with Gasteiger partial charge in [0.15, 0.2) is 0 Å². The Bertz CT molecular complexity index is 626. The van der Waals surface area contributed by atoms with E-state index >= 15 is 0 Å². The Morgan fingerprint density at radius 2 is 1.90 bits per heavy atom. The summed E-state index contributed by atoms with van der Waals surface area (Å²) in [5.41, 5.74) is 7.95. The van der Waals surface area contributed by atoms with Crippen molar-refractivity contribution in [2.45, 2.75) is 19.9 Å². The number of halogens is 1. The fraction of sp³-hybridized carbons (Fsp3) is 0.188. The van der Waals surface area contributed by atoms with E-state index in [1.54, 1.807) is 0 Å². The van der Waals surface area contributed by atoms with Gasteiger partial charge in [-0.2, -0.15) is 0 Å². The molecule has 0 saturated carbocycles. The Balaban J connectivity index is 2.06. The van der Waals surface area contributed by atoms with Crippen LogP contribution in [-0.2, 0) is 13.0 Å². The molecule has 2 rings (SSSR count). The average Bonchev–Trinajstić information content (AvgIpc) is 2.47. The number of amides is 1. The molecular weight excluding hydrogens is 255 g/mol. The topological polar surface area (TPSA) is 55.1 Å². The van der Waals surface area contributed by atoms with Gasteiger partial charge in [-0.05, 0) is 35.7 Å². The molecule has 4 heteroatoms. The molecule has 0 unspecified atom stereocenters. The lowest BCUT2D eigenvalue weighted by molar-refractivity contribution is 0.0950. The smallest absolute Gasteiger partial charge is 0.251 e. The van der Waals surface area contributed by atoms with Crippen LogP contribution in [0.2, 0.25) is 0 Å². The third kappa shape index (κ3) is 3.15. The first-order valence-corrected chi connectivity index (χ1v) is 6.51. The molecule has 0 aliphatic heterocycles. The Kier molecular flexibility index (Phi) is 4.35. The van der Waals surface area contributed by atoms with Crippen LogP contribution in [0.25, 0.3) is 0 Å². The summed E-state index contributed by atoms with van der Waals surface area (Å²) in [6.07, 6.45) is 0.905. The molecule has 0 aliphatic carbocycles. The minimum Gasteiger partial charge on any atom is -0.396 e. The first-order chi connectivity index (χ1) is 9.61. The normalized spacial score (nSPS) is 10.3. The summed E-state index contributed by atoms with van der Waals surface area (Å²) < 4.78 is 13.3. The van der Waals surface area contributed by atoms with Crippen molar-refractivity contribution in [1.29, 1.82) is 0 Å². The fourth-order valence-corrected chi connectivity index (χ4v) is 2.02. The molecule has 20 heavy (non-hydrogen) atoms. The number of hydrogen-bond acceptors (Lipinski definition) is 2. The van der Waals surface area contributed by atoms with Gasteiger partial charge in [-0.1, -0.05) is 31.2 Å². The van der Waals surface area contributed by atoms with Crippen molar-refractivity contribution < 1.29 is 9.18 Å². The standard InChI is InChI=1S/C16H17FN2O/c1-2-11-5-3-4-6-13(11)10-19-16(20)12-7-8-15(18)14(17)9-12/h3-9H,2,10,18H2,1H3,(H,19,20). The largest absolute Gasteiger partial charge is 0.396 e. The van der Waals surface area contributed by atoms with Gasteiger partial charge in [0.05, 0.1) is 5.69 Å². The third-order valence-electron chi connectivity index (χ3n) is 3.20. The number of rotatable bonds is 4. The minimum absolute atomic E-state index is 0.0397. The van der Waals surface area contributed by atoms with Crippen molar-refractivity contribution in [2.24, 2.45) is 0 Å². The highest BCUT2D eigenvalue weighted by atomic mass is 19.1.